The predicted molar refractivity (Wildman–Crippen MR) is 127 cm³/mol. The van der Waals surface area contributed by atoms with Crippen LogP contribution in [0.5, 0.6) is 0 Å². The minimum atomic E-state index is 0.680. The Morgan fingerprint density at radius 3 is 2.66 bits per heavy atom. The maximum Gasteiger partial charge on any atom is 0.0110 e. The van der Waals surface area contributed by atoms with E-state index in [1.165, 1.54) is 73.3 Å². The minimum absolute atomic E-state index is 0.680. The normalized spacial score (nSPS) is 22.4. The van der Waals surface area contributed by atoms with Crippen molar-refractivity contribution in [3.63, 3.8) is 0 Å². The topological polar surface area (TPSA) is 3.24 Å². The number of allylic oxidation sites excluding steroid dienone is 1. The fourth-order valence-corrected chi connectivity index (χ4v) is 6.03. The van der Waals surface area contributed by atoms with E-state index in [1.807, 2.05) is 0 Å². The van der Waals surface area contributed by atoms with E-state index in [1.54, 1.807) is 5.57 Å². The first-order valence-corrected chi connectivity index (χ1v) is 12.2. The number of thioether (sulfide) groups is 1. The lowest BCUT2D eigenvalue weighted by Crippen LogP contribution is -2.34. The van der Waals surface area contributed by atoms with Crippen LogP contribution in [0.15, 0.2) is 65.1 Å². The molecule has 0 radical (unpaired) electrons. The Kier molecular flexibility index (Phi) is 7.15. The summed E-state index contributed by atoms with van der Waals surface area (Å²) in [5, 5.41) is 0.680. The van der Waals surface area contributed by atoms with E-state index in [9.17, 15) is 0 Å². The molecule has 0 N–H and O–H groups in total. The van der Waals surface area contributed by atoms with Gasteiger partial charge in [0.1, 0.15) is 0 Å². The van der Waals surface area contributed by atoms with Crippen molar-refractivity contribution >= 4 is 11.8 Å². The second kappa shape index (κ2) is 10.00. The van der Waals surface area contributed by atoms with Crippen molar-refractivity contribution in [2.75, 3.05) is 19.6 Å². The zero-order chi connectivity index (χ0) is 20.1. The third-order valence-corrected chi connectivity index (χ3v) is 7.69. The highest BCUT2D eigenvalue weighted by molar-refractivity contribution is 8.00. The van der Waals surface area contributed by atoms with Gasteiger partial charge in [0.15, 0.2) is 0 Å². The smallest absolute Gasteiger partial charge is 0.0110 e. The number of hydrogen-bond acceptors (Lipinski definition) is 2. The maximum atomic E-state index is 2.69. The molecule has 1 atom stereocenters. The first-order valence-electron chi connectivity index (χ1n) is 11.4. The highest BCUT2D eigenvalue weighted by Gasteiger charge is 2.20. The van der Waals surface area contributed by atoms with Gasteiger partial charge in [0.05, 0.1) is 0 Å². The molecule has 29 heavy (non-hydrogen) atoms. The molecule has 154 valence electrons. The largest absolute Gasteiger partial charge is 0.303 e. The van der Waals surface area contributed by atoms with Crippen molar-refractivity contribution in [3.05, 3.63) is 76.9 Å². The average Bonchev–Trinajstić information content (AvgIpc) is 2.87. The molecule has 0 spiro atoms. The highest BCUT2D eigenvalue weighted by Crippen LogP contribution is 2.36. The number of fused-ring (bicyclic) bond motifs is 1. The van der Waals surface area contributed by atoms with E-state index < -0.39 is 0 Å². The van der Waals surface area contributed by atoms with Crippen molar-refractivity contribution < 1.29 is 0 Å². The molecular formula is C27H35NS. The summed E-state index contributed by atoms with van der Waals surface area (Å²) in [6.45, 7) is 8.36. The Morgan fingerprint density at radius 1 is 1.07 bits per heavy atom. The standard InChI is InChI=1S/C27H35NS/c1-21-10-11-27-26(17-21)20-25(18-22(2)29-27)9-6-14-28-15-12-24(13-16-28)19-23-7-4-3-5-8-23/h3-5,7-11,17,22,24H,6,12-16,18-20H2,1-2H3/b25-9+/t22-/m1/s1. The third-order valence-electron chi connectivity index (χ3n) is 6.46. The molecule has 0 amide bonds. The second-order valence-corrected chi connectivity index (χ2v) is 10.5. The predicted octanol–water partition coefficient (Wildman–Crippen LogP) is 6.69. The van der Waals surface area contributed by atoms with Gasteiger partial charge in [-0.2, -0.15) is 0 Å². The molecule has 0 bridgehead atoms. The third kappa shape index (κ3) is 5.99. The zero-order valence-electron chi connectivity index (χ0n) is 18.1. The van der Waals surface area contributed by atoms with Gasteiger partial charge in [0, 0.05) is 16.7 Å². The zero-order valence-corrected chi connectivity index (χ0v) is 18.9. The number of benzene rings is 2. The molecule has 2 aliphatic heterocycles. The van der Waals surface area contributed by atoms with E-state index in [0.717, 1.165) is 12.3 Å². The summed E-state index contributed by atoms with van der Waals surface area (Å²) in [6, 6.07) is 18.0. The van der Waals surface area contributed by atoms with Crippen LogP contribution in [0.25, 0.3) is 0 Å². The molecule has 2 aromatic rings. The lowest BCUT2D eigenvalue weighted by Gasteiger charge is -2.31. The van der Waals surface area contributed by atoms with Crippen molar-refractivity contribution in [2.45, 2.75) is 62.5 Å². The Morgan fingerprint density at radius 2 is 1.86 bits per heavy atom. The number of rotatable bonds is 5. The molecule has 2 heterocycles. The lowest BCUT2D eigenvalue weighted by molar-refractivity contribution is 0.187. The van der Waals surface area contributed by atoms with Gasteiger partial charge < -0.3 is 4.90 Å². The fourth-order valence-electron chi connectivity index (χ4n) is 4.87. The van der Waals surface area contributed by atoms with Crippen LogP contribution in [0.1, 0.15) is 49.3 Å². The van der Waals surface area contributed by atoms with Crippen molar-refractivity contribution in [3.8, 4) is 0 Å². The Bertz CT molecular complexity index is 818. The van der Waals surface area contributed by atoms with E-state index in [0.29, 0.717) is 5.25 Å². The Balaban J connectivity index is 1.26. The summed E-state index contributed by atoms with van der Waals surface area (Å²) in [5.41, 5.74) is 6.07. The van der Waals surface area contributed by atoms with Gasteiger partial charge in [-0.05, 0) is 81.6 Å². The fraction of sp³-hybridized carbons (Fsp3) is 0.481. The van der Waals surface area contributed by atoms with E-state index in [2.05, 4.69) is 85.1 Å². The Labute approximate surface area is 181 Å². The number of likely N-dealkylation sites (tertiary alicyclic amines) is 1. The van der Waals surface area contributed by atoms with Crippen LogP contribution >= 0.6 is 11.8 Å². The molecule has 2 heteroatoms. The van der Waals surface area contributed by atoms with E-state index in [-0.39, 0.29) is 0 Å². The number of piperidine rings is 1. The van der Waals surface area contributed by atoms with E-state index >= 15 is 0 Å². The van der Waals surface area contributed by atoms with Gasteiger partial charge in [0.2, 0.25) is 0 Å². The number of nitrogens with zero attached hydrogens (tertiary/aromatic N) is 1. The van der Waals surface area contributed by atoms with E-state index in [4.69, 9.17) is 0 Å². The first-order chi connectivity index (χ1) is 14.2. The summed E-state index contributed by atoms with van der Waals surface area (Å²) < 4.78 is 0. The summed E-state index contributed by atoms with van der Waals surface area (Å²) in [7, 11) is 0. The van der Waals surface area contributed by atoms with Crippen LogP contribution < -0.4 is 0 Å². The molecule has 0 aliphatic carbocycles. The molecule has 2 aliphatic rings. The average molecular weight is 406 g/mol. The molecule has 1 nitrogen and oxygen atoms in total. The maximum absolute atomic E-state index is 2.69. The van der Waals surface area contributed by atoms with Gasteiger partial charge in [0.25, 0.3) is 0 Å². The van der Waals surface area contributed by atoms with Gasteiger partial charge in [-0.15, -0.1) is 11.8 Å². The van der Waals surface area contributed by atoms with Crippen LogP contribution in [-0.4, -0.2) is 29.8 Å². The molecule has 0 aromatic heterocycles. The molecular weight excluding hydrogens is 370 g/mol. The second-order valence-electron chi connectivity index (χ2n) is 9.05. The lowest BCUT2D eigenvalue weighted by atomic mass is 9.90. The van der Waals surface area contributed by atoms with Crippen LogP contribution in [-0.2, 0) is 12.8 Å². The molecule has 0 saturated carbocycles. The minimum Gasteiger partial charge on any atom is -0.303 e. The summed E-state index contributed by atoms with van der Waals surface area (Å²) >= 11 is 2.06. The SMILES string of the molecule is Cc1ccc2c(c1)C/C(=C/CCN1CCC(Cc3ccccc3)CC1)C[C@@H](C)S2. The number of aryl methyl sites for hydroxylation is 1. The van der Waals surface area contributed by atoms with Gasteiger partial charge >= 0.3 is 0 Å². The van der Waals surface area contributed by atoms with Gasteiger partial charge in [-0.1, -0.05) is 66.6 Å². The van der Waals surface area contributed by atoms with Gasteiger partial charge in [-0.25, -0.2) is 0 Å². The highest BCUT2D eigenvalue weighted by atomic mass is 32.2. The van der Waals surface area contributed by atoms with Crippen LogP contribution in [0.3, 0.4) is 0 Å². The summed E-state index contributed by atoms with van der Waals surface area (Å²) in [5.74, 6) is 0.867. The monoisotopic (exact) mass is 405 g/mol. The van der Waals surface area contributed by atoms with Crippen LogP contribution in [0, 0.1) is 12.8 Å². The van der Waals surface area contributed by atoms with Gasteiger partial charge in [-0.3, -0.25) is 0 Å². The molecule has 0 unspecified atom stereocenters. The van der Waals surface area contributed by atoms with Crippen LogP contribution in [0.2, 0.25) is 0 Å². The molecule has 1 fully saturated rings. The summed E-state index contributed by atoms with van der Waals surface area (Å²) in [4.78, 5) is 4.18. The molecule has 2 aromatic carbocycles. The van der Waals surface area contributed by atoms with Crippen molar-refractivity contribution in [1.29, 1.82) is 0 Å². The molecule has 1 saturated heterocycles. The van der Waals surface area contributed by atoms with Crippen LogP contribution in [0.4, 0.5) is 0 Å². The summed E-state index contributed by atoms with van der Waals surface area (Å²) in [6.07, 6.45) is 10.1. The quantitative estimate of drug-likeness (QED) is 0.510. The molecule has 4 rings (SSSR count). The van der Waals surface area contributed by atoms with Crippen molar-refractivity contribution in [1.82, 2.24) is 4.90 Å². The number of hydrogen-bond donors (Lipinski definition) is 0. The van der Waals surface area contributed by atoms with Crippen molar-refractivity contribution in [2.24, 2.45) is 5.92 Å². The first kappa shape index (κ1) is 20.8. The Hall–Kier alpha value is -1.51.